The van der Waals surface area contributed by atoms with Crippen molar-refractivity contribution >= 4 is 17.4 Å². The zero-order chi connectivity index (χ0) is 20.2. The van der Waals surface area contributed by atoms with Gasteiger partial charge in [0.05, 0.1) is 5.56 Å². The molecule has 2 rings (SSSR count). The first-order valence-electron chi connectivity index (χ1n) is 10.7. The molecule has 0 atom stereocenters. The normalized spacial score (nSPS) is 10.9. The lowest BCUT2D eigenvalue weighted by Gasteiger charge is -2.08. The number of hydrogen-bond acceptors (Lipinski definition) is 2. The predicted molar refractivity (Wildman–Crippen MR) is 119 cm³/mol. The second kappa shape index (κ2) is 12.6. The van der Waals surface area contributed by atoms with Gasteiger partial charge in [-0.1, -0.05) is 82.4 Å². The predicted octanol–water partition coefficient (Wildman–Crippen LogP) is 7.74. The summed E-state index contributed by atoms with van der Waals surface area (Å²) < 4.78 is 0. The molecule has 0 spiro atoms. The highest BCUT2D eigenvalue weighted by Gasteiger charge is 2.14. The highest BCUT2D eigenvalue weighted by molar-refractivity contribution is 6.30. The van der Waals surface area contributed by atoms with Crippen LogP contribution in [-0.4, -0.2) is 10.9 Å². The van der Waals surface area contributed by atoms with Gasteiger partial charge in [0, 0.05) is 10.6 Å². The van der Waals surface area contributed by atoms with Gasteiger partial charge in [-0.15, -0.1) is 0 Å². The van der Waals surface area contributed by atoms with E-state index in [1.165, 1.54) is 57.8 Å². The van der Waals surface area contributed by atoms with Gasteiger partial charge >= 0.3 is 0 Å². The van der Waals surface area contributed by atoms with Crippen molar-refractivity contribution < 1.29 is 9.90 Å². The Labute approximate surface area is 174 Å². The molecule has 0 unspecified atom stereocenters. The Kier molecular flexibility index (Phi) is 10.1. The molecule has 152 valence electrons. The van der Waals surface area contributed by atoms with E-state index < -0.39 is 0 Å². The molecular formula is C25H33ClO2. The fraction of sp³-hybridized carbons (Fsp3) is 0.480. The van der Waals surface area contributed by atoms with Crippen LogP contribution in [0.25, 0.3) is 0 Å². The summed E-state index contributed by atoms with van der Waals surface area (Å²) in [7, 11) is 0. The van der Waals surface area contributed by atoms with Crippen LogP contribution in [0, 0.1) is 0 Å². The third kappa shape index (κ3) is 7.67. The van der Waals surface area contributed by atoms with Crippen LogP contribution in [0.5, 0.6) is 5.75 Å². The standard InChI is InChI=1S/C25H33ClO2/c1-2-3-4-5-6-7-8-9-10-11-12-20-13-18-24(27)23(19-20)25(28)21-14-16-22(26)17-15-21/h13-19,27H,2-12H2,1H3. The lowest BCUT2D eigenvalue weighted by molar-refractivity contribution is 0.103. The third-order valence-corrected chi connectivity index (χ3v) is 5.48. The molecule has 2 aromatic rings. The van der Waals surface area contributed by atoms with E-state index in [0.717, 1.165) is 18.4 Å². The van der Waals surface area contributed by atoms with Crippen molar-refractivity contribution in [1.82, 2.24) is 0 Å². The highest BCUT2D eigenvalue weighted by atomic mass is 35.5. The lowest BCUT2D eigenvalue weighted by Crippen LogP contribution is -2.02. The zero-order valence-electron chi connectivity index (χ0n) is 17.1. The first-order valence-corrected chi connectivity index (χ1v) is 11.1. The number of aromatic hydroxyl groups is 1. The number of halogens is 1. The summed E-state index contributed by atoms with van der Waals surface area (Å²) in [5, 5.41) is 10.7. The molecule has 2 nitrogen and oxygen atoms in total. The summed E-state index contributed by atoms with van der Waals surface area (Å²) in [6.45, 7) is 2.25. The van der Waals surface area contributed by atoms with Crippen LogP contribution < -0.4 is 0 Å². The number of hydrogen-bond donors (Lipinski definition) is 1. The third-order valence-electron chi connectivity index (χ3n) is 5.23. The van der Waals surface area contributed by atoms with E-state index in [1.807, 2.05) is 12.1 Å². The van der Waals surface area contributed by atoms with Gasteiger partial charge in [-0.05, 0) is 54.8 Å². The van der Waals surface area contributed by atoms with Crippen LogP contribution in [0.2, 0.25) is 5.02 Å². The van der Waals surface area contributed by atoms with Crippen LogP contribution in [0.3, 0.4) is 0 Å². The molecule has 0 saturated heterocycles. The first kappa shape index (κ1) is 22.5. The molecule has 0 amide bonds. The van der Waals surface area contributed by atoms with Gasteiger partial charge in [0.2, 0.25) is 0 Å². The molecule has 0 aliphatic carbocycles. The van der Waals surface area contributed by atoms with Gasteiger partial charge in [-0.25, -0.2) is 0 Å². The van der Waals surface area contributed by atoms with Crippen LogP contribution in [0.4, 0.5) is 0 Å². The molecular weight excluding hydrogens is 368 g/mol. The van der Waals surface area contributed by atoms with E-state index in [1.54, 1.807) is 30.3 Å². The molecule has 0 radical (unpaired) electrons. The number of rotatable bonds is 13. The highest BCUT2D eigenvalue weighted by Crippen LogP contribution is 2.24. The average Bonchev–Trinajstić information content (AvgIpc) is 2.70. The molecule has 0 heterocycles. The van der Waals surface area contributed by atoms with Crippen molar-refractivity contribution in [2.24, 2.45) is 0 Å². The van der Waals surface area contributed by atoms with E-state index in [9.17, 15) is 9.90 Å². The molecule has 0 bridgehead atoms. The number of benzene rings is 2. The Morgan fingerprint density at radius 1 is 0.821 bits per heavy atom. The van der Waals surface area contributed by atoms with Crippen LogP contribution in [-0.2, 0) is 6.42 Å². The number of aryl methyl sites for hydroxylation is 1. The Balaban J connectivity index is 1.75. The largest absolute Gasteiger partial charge is 0.507 e. The molecule has 1 N–H and O–H groups in total. The maximum absolute atomic E-state index is 12.7. The fourth-order valence-corrected chi connectivity index (χ4v) is 3.62. The molecule has 0 saturated carbocycles. The van der Waals surface area contributed by atoms with Crippen LogP contribution in [0.15, 0.2) is 42.5 Å². The second-order valence-corrected chi connectivity index (χ2v) is 8.06. The number of phenols is 1. The average molecular weight is 401 g/mol. The quantitative estimate of drug-likeness (QED) is 0.275. The summed E-state index contributed by atoms with van der Waals surface area (Å²) in [5.41, 5.74) is 2.01. The Bertz CT molecular complexity index is 722. The summed E-state index contributed by atoms with van der Waals surface area (Å²) >= 11 is 5.89. The van der Waals surface area contributed by atoms with Crippen molar-refractivity contribution in [3.63, 3.8) is 0 Å². The molecule has 0 aromatic heterocycles. The van der Waals surface area contributed by atoms with E-state index in [0.29, 0.717) is 16.1 Å². The van der Waals surface area contributed by atoms with E-state index in [-0.39, 0.29) is 11.5 Å². The Morgan fingerprint density at radius 2 is 1.39 bits per heavy atom. The lowest BCUT2D eigenvalue weighted by atomic mass is 9.98. The SMILES string of the molecule is CCCCCCCCCCCCc1ccc(O)c(C(=O)c2ccc(Cl)cc2)c1. The van der Waals surface area contributed by atoms with Gasteiger partial charge in [-0.2, -0.15) is 0 Å². The van der Waals surface area contributed by atoms with Crippen molar-refractivity contribution in [1.29, 1.82) is 0 Å². The smallest absolute Gasteiger partial charge is 0.196 e. The molecule has 28 heavy (non-hydrogen) atoms. The van der Waals surface area contributed by atoms with Gasteiger partial charge < -0.3 is 5.11 Å². The fourth-order valence-electron chi connectivity index (χ4n) is 3.49. The minimum absolute atomic E-state index is 0.0340. The van der Waals surface area contributed by atoms with Crippen molar-refractivity contribution in [3.05, 3.63) is 64.2 Å². The number of ketones is 1. The Hall–Kier alpha value is -1.80. The molecule has 0 fully saturated rings. The van der Waals surface area contributed by atoms with Crippen LogP contribution in [0.1, 0.15) is 92.6 Å². The van der Waals surface area contributed by atoms with Gasteiger partial charge in [-0.3, -0.25) is 4.79 Å². The molecule has 0 aliphatic heterocycles. The number of unbranched alkanes of at least 4 members (excludes halogenated alkanes) is 9. The minimum atomic E-state index is -0.168. The number of carbonyl (C=O) groups is 1. The Morgan fingerprint density at radius 3 is 2.00 bits per heavy atom. The summed E-state index contributed by atoms with van der Waals surface area (Å²) in [4.78, 5) is 12.7. The first-order chi connectivity index (χ1) is 13.6. The van der Waals surface area contributed by atoms with E-state index >= 15 is 0 Å². The molecule has 2 aromatic carbocycles. The molecule has 3 heteroatoms. The van der Waals surface area contributed by atoms with Crippen LogP contribution >= 0.6 is 11.6 Å². The maximum atomic E-state index is 12.7. The van der Waals surface area contributed by atoms with Gasteiger partial charge in [0.15, 0.2) is 5.78 Å². The number of phenolic OH excluding ortho intramolecular Hbond substituents is 1. The van der Waals surface area contributed by atoms with Crippen molar-refractivity contribution in [2.45, 2.75) is 77.6 Å². The van der Waals surface area contributed by atoms with Gasteiger partial charge in [0.1, 0.15) is 5.75 Å². The topological polar surface area (TPSA) is 37.3 Å². The van der Waals surface area contributed by atoms with Crippen molar-refractivity contribution in [3.8, 4) is 5.75 Å². The van der Waals surface area contributed by atoms with Crippen molar-refractivity contribution in [2.75, 3.05) is 0 Å². The second-order valence-electron chi connectivity index (χ2n) is 7.62. The maximum Gasteiger partial charge on any atom is 0.196 e. The summed E-state index contributed by atoms with van der Waals surface area (Å²) in [6, 6.07) is 12.2. The van der Waals surface area contributed by atoms with Gasteiger partial charge in [0.25, 0.3) is 0 Å². The monoisotopic (exact) mass is 400 g/mol. The summed E-state index contributed by atoms with van der Waals surface area (Å²) in [5.74, 6) is -0.133. The summed E-state index contributed by atoms with van der Waals surface area (Å²) in [6.07, 6.45) is 14.0. The van der Waals surface area contributed by atoms with E-state index in [4.69, 9.17) is 11.6 Å². The van der Waals surface area contributed by atoms with E-state index in [2.05, 4.69) is 6.92 Å². The zero-order valence-corrected chi connectivity index (χ0v) is 17.8. The minimum Gasteiger partial charge on any atom is -0.507 e. The molecule has 0 aliphatic rings. The number of carbonyl (C=O) groups excluding carboxylic acids is 1.